The molecule has 0 unspecified atom stereocenters. The standard InChI is InChI=1S/C19H30N2O2/c1-15(2)23-14-19-9-5-11-22-18(19)8-10-21(13-19)12-17-7-4-6-16(3)20-17/h4,6-7,15,18H,5,8-14H2,1-3H3/t18-,19-/m0/s1. The molecule has 0 aromatic carbocycles. The molecule has 2 atom stereocenters. The van der Waals surface area contributed by atoms with Crippen LogP contribution in [-0.4, -0.2) is 48.4 Å². The van der Waals surface area contributed by atoms with Crippen molar-refractivity contribution < 1.29 is 9.47 Å². The van der Waals surface area contributed by atoms with Gasteiger partial charge < -0.3 is 9.47 Å². The lowest BCUT2D eigenvalue weighted by Crippen LogP contribution is -2.56. The van der Waals surface area contributed by atoms with E-state index in [1.54, 1.807) is 0 Å². The Labute approximate surface area is 140 Å². The molecule has 3 heterocycles. The number of nitrogens with zero attached hydrogens (tertiary/aromatic N) is 2. The number of hydrogen-bond acceptors (Lipinski definition) is 4. The van der Waals surface area contributed by atoms with Crippen molar-refractivity contribution in [2.24, 2.45) is 5.41 Å². The summed E-state index contributed by atoms with van der Waals surface area (Å²) in [6.07, 6.45) is 4.10. The van der Waals surface area contributed by atoms with E-state index in [1.165, 1.54) is 12.1 Å². The van der Waals surface area contributed by atoms with E-state index in [1.807, 2.05) is 0 Å². The van der Waals surface area contributed by atoms with E-state index in [9.17, 15) is 0 Å². The summed E-state index contributed by atoms with van der Waals surface area (Å²) in [5.74, 6) is 0. The lowest BCUT2D eigenvalue weighted by atomic mass is 9.73. The van der Waals surface area contributed by atoms with Gasteiger partial charge in [-0.15, -0.1) is 0 Å². The summed E-state index contributed by atoms with van der Waals surface area (Å²) in [5.41, 5.74) is 2.42. The second-order valence-electron chi connectivity index (χ2n) is 7.45. The van der Waals surface area contributed by atoms with Crippen LogP contribution in [0.2, 0.25) is 0 Å². The quantitative estimate of drug-likeness (QED) is 0.835. The lowest BCUT2D eigenvalue weighted by Gasteiger charge is -2.50. The first-order valence-corrected chi connectivity index (χ1v) is 8.95. The van der Waals surface area contributed by atoms with Crippen LogP contribution in [0, 0.1) is 12.3 Å². The minimum atomic E-state index is 0.157. The number of aryl methyl sites for hydroxylation is 1. The molecule has 2 saturated heterocycles. The second kappa shape index (κ2) is 7.29. The molecule has 1 aromatic rings. The highest BCUT2D eigenvalue weighted by Gasteiger charge is 2.46. The third-order valence-corrected chi connectivity index (χ3v) is 5.10. The van der Waals surface area contributed by atoms with Crippen molar-refractivity contribution >= 4 is 0 Å². The molecule has 2 fully saturated rings. The van der Waals surface area contributed by atoms with Crippen molar-refractivity contribution in [1.82, 2.24) is 9.88 Å². The van der Waals surface area contributed by atoms with Crippen molar-refractivity contribution in [3.05, 3.63) is 29.6 Å². The smallest absolute Gasteiger partial charge is 0.0677 e. The summed E-state index contributed by atoms with van der Waals surface area (Å²) in [6.45, 7) is 11.1. The van der Waals surface area contributed by atoms with Gasteiger partial charge in [-0.1, -0.05) is 6.07 Å². The zero-order valence-electron chi connectivity index (χ0n) is 14.8. The van der Waals surface area contributed by atoms with Crippen LogP contribution in [0.25, 0.3) is 0 Å². The number of piperidine rings is 1. The zero-order valence-corrected chi connectivity index (χ0v) is 14.8. The molecule has 2 aliphatic heterocycles. The van der Waals surface area contributed by atoms with Gasteiger partial charge in [-0.25, -0.2) is 0 Å². The number of pyridine rings is 1. The first kappa shape index (κ1) is 16.9. The number of fused-ring (bicyclic) bond motifs is 1. The molecule has 128 valence electrons. The van der Waals surface area contributed by atoms with Crippen LogP contribution in [0.15, 0.2) is 18.2 Å². The van der Waals surface area contributed by atoms with Crippen LogP contribution < -0.4 is 0 Å². The summed E-state index contributed by atoms with van der Waals surface area (Å²) < 4.78 is 12.1. The number of aromatic nitrogens is 1. The van der Waals surface area contributed by atoms with Crippen LogP contribution in [0.1, 0.15) is 44.5 Å². The maximum absolute atomic E-state index is 6.11. The highest BCUT2D eigenvalue weighted by Crippen LogP contribution is 2.41. The van der Waals surface area contributed by atoms with E-state index >= 15 is 0 Å². The van der Waals surface area contributed by atoms with Gasteiger partial charge >= 0.3 is 0 Å². The highest BCUT2D eigenvalue weighted by atomic mass is 16.5. The van der Waals surface area contributed by atoms with Crippen molar-refractivity contribution in [3.8, 4) is 0 Å². The van der Waals surface area contributed by atoms with Gasteiger partial charge in [0.1, 0.15) is 0 Å². The fraction of sp³-hybridized carbons (Fsp3) is 0.737. The summed E-state index contributed by atoms with van der Waals surface area (Å²) in [6, 6.07) is 6.29. The average molecular weight is 318 g/mol. The summed E-state index contributed by atoms with van der Waals surface area (Å²) in [4.78, 5) is 7.20. The Hall–Kier alpha value is -0.970. The van der Waals surface area contributed by atoms with Gasteiger partial charge in [-0.2, -0.15) is 0 Å². The van der Waals surface area contributed by atoms with Crippen molar-refractivity contribution in [3.63, 3.8) is 0 Å². The normalized spacial score (nSPS) is 28.8. The molecule has 4 nitrogen and oxygen atoms in total. The Bertz CT molecular complexity index is 520. The van der Waals surface area contributed by atoms with E-state index in [-0.39, 0.29) is 11.5 Å². The Balaban J connectivity index is 1.69. The number of hydrogen-bond donors (Lipinski definition) is 0. The van der Waals surface area contributed by atoms with Crippen molar-refractivity contribution in [2.45, 2.75) is 58.8 Å². The fourth-order valence-corrected chi connectivity index (χ4v) is 3.98. The van der Waals surface area contributed by atoms with E-state index < -0.39 is 0 Å². The molecule has 0 aliphatic carbocycles. The third-order valence-electron chi connectivity index (χ3n) is 5.10. The average Bonchev–Trinajstić information content (AvgIpc) is 2.53. The Kier molecular flexibility index (Phi) is 5.34. The number of likely N-dealkylation sites (tertiary alicyclic amines) is 1. The molecule has 1 aromatic heterocycles. The molecule has 0 spiro atoms. The number of ether oxygens (including phenoxy) is 2. The number of rotatable bonds is 5. The predicted octanol–water partition coefficient (Wildman–Crippen LogP) is 3.19. The molecule has 23 heavy (non-hydrogen) atoms. The first-order chi connectivity index (χ1) is 11.1. The molecule has 0 N–H and O–H groups in total. The van der Waals surface area contributed by atoms with Gasteiger partial charge in [0, 0.05) is 37.4 Å². The Morgan fingerprint density at radius 2 is 2.30 bits per heavy atom. The van der Waals surface area contributed by atoms with E-state index in [0.717, 1.165) is 51.4 Å². The largest absolute Gasteiger partial charge is 0.378 e. The minimum absolute atomic E-state index is 0.157. The predicted molar refractivity (Wildman–Crippen MR) is 91.4 cm³/mol. The second-order valence-corrected chi connectivity index (χ2v) is 7.45. The topological polar surface area (TPSA) is 34.6 Å². The molecule has 0 amide bonds. The fourth-order valence-electron chi connectivity index (χ4n) is 3.98. The molecule has 0 radical (unpaired) electrons. The molecule has 0 saturated carbocycles. The third kappa shape index (κ3) is 4.11. The van der Waals surface area contributed by atoms with Crippen molar-refractivity contribution in [2.75, 3.05) is 26.3 Å². The van der Waals surface area contributed by atoms with Gasteiger partial charge in [0.15, 0.2) is 0 Å². The van der Waals surface area contributed by atoms with Gasteiger partial charge in [0.05, 0.1) is 24.5 Å². The lowest BCUT2D eigenvalue weighted by molar-refractivity contribution is -0.159. The first-order valence-electron chi connectivity index (χ1n) is 8.95. The van der Waals surface area contributed by atoms with Gasteiger partial charge in [-0.3, -0.25) is 9.88 Å². The van der Waals surface area contributed by atoms with Crippen LogP contribution in [0.3, 0.4) is 0 Å². The molecular weight excluding hydrogens is 288 g/mol. The van der Waals surface area contributed by atoms with Crippen LogP contribution in [0.5, 0.6) is 0 Å². The van der Waals surface area contributed by atoms with Gasteiger partial charge in [0.25, 0.3) is 0 Å². The van der Waals surface area contributed by atoms with Crippen molar-refractivity contribution in [1.29, 1.82) is 0 Å². The highest BCUT2D eigenvalue weighted by molar-refractivity contribution is 5.10. The van der Waals surface area contributed by atoms with Gasteiger partial charge in [0.2, 0.25) is 0 Å². The molecule has 4 heteroatoms. The maximum Gasteiger partial charge on any atom is 0.0677 e. The Morgan fingerprint density at radius 3 is 3.09 bits per heavy atom. The monoisotopic (exact) mass is 318 g/mol. The maximum atomic E-state index is 6.11. The van der Waals surface area contributed by atoms with E-state index in [2.05, 4.69) is 48.9 Å². The van der Waals surface area contributed by atoms with Crippen LogP contribution >= 0.6 is 0 Å². The van der Waals surface area contributed by atoms with E-state index in [0.29, 0.717) is 6.10 Å². The molecule has 2 aliphatic rings. The Morgan fingerprint density at radius 1 is 1.43 bits per heavy atom. The zero-order chi connectivity index (χ0) is 16.3. The van der Waals surface area contributed by atoms with Gasteiger partial charge in [-0.05, 0) is 52.2 Å². The van der Waals surface area contributed by atoms with Crippen LogP contribution in [-0.2, 0) is 16.0 Å². The molecule has 3 rings (SSSR count). The summed E-state index contributed by atoms with van der Waals surface area (Å²) in [5, 5.41) is 0. The molecule has 0 bridgehead atoms. The summed E-state index contributed by atoms with van der Waals surface area (Å²) in [7, 11) is 0. The van der Waals surface area contributed by atoms with E-state index in [4.69, 9.17) is 9.47 Å². The summed E-state index contributed by atoms with van der Waals surface area (Å²) >= 11 is 0. The molecular formula is C19H30N2O2. The SMILES string of the molecule is Cc1cccc(CN2CC[C@@H]3OCCC[C@@]3(COC(C)C)C2)n1. The van der Waals surface area contributed by atoms with Crippen LogP contribution in [0.4, 0.5) is 0 Å². The minimum Gasteiger partial charge on any atom is -0.378 e.